The van der Waals surface area contributed by atoms with Crippen LogP contribution in [0.2, 0.25) is 0 Å². The Balaban J connectivity index is 2.88. The summed E-state index contributed by atoms with van der Waals surface area (Å²) in [4.78, 5) is 7.30. The van der Waals surface area contributed by atoms with Crippen molar-refractivity contribution in [2.24, 2.45) is 5.11 Å². The summed E-state index contributed by atoms with van der Waals surface area (Å²) in [5.74, 6) is 0. The van der Waals surface area contributed by atoms with Gasteiger partial charge < -0.3 is 0 Å². The highest BCUT2D eigenvalue weighted by Gasteiger charge is 2.08. The van der Waals surface area contributed by atoms with Gasteiger partial charge in [0.05, 0.1) is 16.7 Å². The molecule has 1 aromatic rings. The molecule has 1 atom stereocenters. The van der Waals surface area contributed by atoms with Crippen LogP contribution in [0.3, 0.4) is 0 Å². The third-order valence-corrected chi connectivity index (χ3v) is 3.58. The molecule has 0 bridgehead atoms. The molecule has 1 unspecified atom stereocenters. The average Bonchev–Trinajstić information content (AvgIpc) is 2.69. The summed E-state index contributed by atoms with van der Waals surface area (Å²) in [5, 5.41) is 6.88. The predicted molar refractivity (Wildman–Crippen MR) is 85.8 cm³/mol. The highest BCUT2D eigenvalue weighted by Crippen LogP contribution is 2.19. The Morgan fingerprint density at radius 3 is 2.89 bits per heavy atom. The zero-order chi connectivity index (χ0) is 13.5. The van der Waals surface area contributed by atoms with Crippen LogP contribution in [0.1, 0.15) is 31.0 Å². The average molecular weight is 374 g/mol. The quantitative estimate of drug-likeness (QED) is 0.300. The first-order valence-electron chi connectivity index (χ1n) is 5.49. The van der Waals surface area contributed by atoms with Crippen molar-refractivity contribution in [3.8, 4) is 0 Å². The molecule has 96 valence electrons. The second-order valence-corrected chi connectivity index (χ2v) is 6.69. The minimum absolute atomic E-state index is 0.137. The van der Waals surface area contributed by atoms with Gasteiger partial charge >= 0.3 is 0 Å². The van der Waals surface area contributed by atoms with Crippen molar-refractivity contribution in [1.29, 1.82) is 0 Å². The maximum absolute atomic E-state index is 8.62. The van der Waals surface area contributed by atoms with Crippen LogP contribution in [-0.2, 0) is 0 Å². The van der Waals surface area contributed by atoms with Crippen LogP contribution in [0.5, 0.6) is 0 Å². The lowest BCUT2D eigenvalue weighted by atomic mass is 10.1. The van der Waals surface area contributed by atoms with Crippen LogP contribution < -0.4 is 0 Å². The van der Waals surface area contributed by atoms with Crippen molar-refractivity contribution in [3.63, 3.8) is 0 Å². The molecule has 0 N–H and O–H groups in total. The summed E-state index contributed by atoms with van der Waals surface area (Å²) >= 11 is 3.87. The Labute approximate surface area is 125 Å². The minimum atomic E-state index is -0.137. The number of azide groups is 1. The van der Waals surface area contributed by atoms with Crippen LogP contribution in [0.4, 0.5) is 0 Å². The number of aryl methyl sites for hydroxylation is 1. The minimum Gasteiger partial charge on any atom is -0.242 e. The van der Waals surface area contributed by atoms with E-state index in [-0.39, 0.29) is 6.04 Å². The molecule has 0 saturated carbocycles. The summed E-state index contributed by atoms with van der Waals surface area (Å²) in [6.45, 7) is 5.98. The van der Waals surface area contributed by atoms with Crippen molar-refractivity contribution in [2.45, 2.75) is 33.2 Å². The molecule has 1 rings (SSSR count). The fraction of sp³-hybridized carbons (Fsp3) is 0.417. The van der Waals surface area contributed by atoms with Crippen LogP contribution in [0, 0.1) is 6.92 Å². The Morgan fingerprint density at radius 2 is 2.39 bits per heavy atom. The van der Waals surface area contributed by atoms with Crippen molar-refractivity contribution in [1.82, 2.24) is 4.98 Å². The van der Waals surface area contributed by atoms with E-state index in [2.05, 4.69) is 43.7 Å². The van der Waals surface area contributed by atoms with Gasteiger partial charge in [-0.2, -0.15) is 0 Å². The van der Waals surface area contributed by atoms with E-state index in [1.54, 1.807) is 11.3 Å². The molecular formula is C12H15IN4S. The topological polar surface area (TPSA) is 61.7 Å². The number of thiazole rings is 1. The van der Waals surface area contributed by atoms with Gasteiger partial charge in [-0.3, -0.25) is 0 Å². The van der Waals surface area contributed by atoms with Gasteiger partial charge in [0.25, 0.3) is 0 Å². The van der Waals surface area contributed by atoms with Crippen LogP contribution in [0.15, 0.2) is 25.7 Å². The lowest BCUT2D eigenvalue weighted by Crippen LogP contribution is -2.03. The molecule has 0 aliphatic rings. The predicted octanol–water partition coefficient (Wildman–Crippen LogP) is 5.26. The van der Waals surface area contributed by atoms with Crippen molar-refractivity contribution in [3.05, 3.63) is 41.8 Å². The van der Waals surface area contributed by atoms with Gasteiger partial charge in [0.2, 0.25) is 0 Å². The molecule has 18 heavy (non-hydrogen) atoms. The lowest BCUT2D eigenvalue weighted by molar-refractivity contribution is 0.779. The van der Waals surface area contributed by atoms with E-state index in [9.17, 15) is 0 Å². The fourth-order valence-electron chi connectivity index (χ4n) is 1.44. The summed E-state index contributed by atoms with van der Waals surface area (Å²) in [7, 11) is 0. The second-order valence-electron chi connectivity index (χ2n) is 3.93. The number of hydrogen-bond donors (Lipinski definition) is 0. The molecule has 0 radical (unpaired) electrons. The van der Waals surface area contributed by atoms with Crippen LogP contribution in [-0.4, -0.2) is 11.0 Å². The summed E-state index contributed by atoms with van der Waals surface area (Å²) in [5.41, 5.74) is 10.6. The summed E-state index contributed by atoms with van der Waals surface area (Å²) < 4.78 is 1.20. The first-order chi connectivity index (χ1) is 8.52. The van der Waals surface area contributed by atoms with E-state index in [4.69, 9.17) is 5.53 Å². The van der Waals surface area contributed by atoms with E-state index >= 15 is 0 Å². The Kier molecular flexibility index (Phi) is 6.38. The standard InChI is InChI=1S/C12H15IN4S/c1-8(6-11-7-18-10(3)15-11)12(16-17-14)5-4-9(2)13/h4,6-7,12H,5H2,1-3H3. The van der Waals surface area contributed by atoms with Crippen molar-refractivity contribution < 1.29 is 0 Å². The Hall–Kier alpha value is -0.850. The molecule has 6 heteroatoms. The Morgan fingerprint density at radius 1 is 1.67 bits per heavy atom. The van der Waals surface area contributed by atoms with E-state index < -0.39 is 0 Å². The molecule has 0 aliphatic carbocycles. The van der Waals surface area contributed by atoms with Crippen LogP contribution >= 0.6 is 33.9 Å². The van der Waals surface area contributed by atoms with Crippen molar-refractivity contribution in [2.75, 3.05) is 0 Å². The largest absolute Gasteiger partial charge is 0.242 e. The smallest absolute Gasteiger partial charge is 0.0901 e. The maximum Gasteiger partial charge on any atom is 0.0901 e. The number of hydrogen-bond acceptors (Lipinski definition) is 3. The number of rotatable bonds is 5. The van der Waals surface area contributed by atoms with Crippen LogP contribution in [0.25, 0.3) is 16.5 Å². The second kappa shape index (κ2) is 7.56. The molecule has 0 aliphatic heterocycles. The summed E-state index contributed by atoms with van der Waals surface area (Å²) in [6.07, 6.45) is 4.78. The number of nitrogens with zero attached hydrogens (tertiary/aromatic N) is 4. The molecule has 4 nitrogen and oxygen atoms in total. The van der Waals surface area contributed by atoms with Gasteiger partial charge in [-0.15, -0.1) is 11.3 Å². The molecule has 0 saturated heterocycles. The van der Waals surface area contributed by atoms with Gasteiger partial charge in [-0.25, -0.2) is 4.98 Å². The maximum atomic E-state index is 8.62. The van der Waals surface area contributed by atoms with Crippen molar-refractivity contribution >= 4 is 40.0 Å². The molecule has 0 fully saturated rings. The van der Waals surface area contributed by atoms with E-state index in [0.717, 1.165) is 22.7 Å². The Bertz CT molecular complexity index is 508. The van der Waals surface area contributed by atoms with Gasteiger partial charge in [-0.1, -0.05) is 16.8 Å². The molecule has 1 heterocycles. The first-order valence-corrected chi connectivity index (χ1v) is 7.45. The highest BCUT2D eigenvalue weighted by molar-refractivity contribution is 14.1. The normalized spacial score (nSPS) is 14.2. The first kappa shape index (κ1) is 15.2. The fourth-order valence-corrected chi connectivity index (χ4v) is 2.26. The third kappa shape index (κ3) is 5.20. The van der Waals surface area contributed by atoms with Gasteiger partial charge in [-0.05, 0) is 65.0 Å². The molecule has 0 amide bonds. The van der Waals surface area contributed by atoms with Gasteiger partial charge in [0, 0.05) is 10.3 Å². The number of allylic oxidation sites excluding steroid dienone is 1. The number of halogens is 1. The molecule has 0 spiro atoms. The summed E-state index contributed by atoms with van der Waals surface area (Å²) in [6, 6.07) is -0.137. The number of aromatic nitrogens is 1. The third-order valence-electron chi connectivity index (χ3n) is 2.35. The monoisotopic (exact) mass is 374 g/mol. The molecule has 1 aromatic heterocycles. The van der Waals surface area contributed by atoms with Gasteiger partial charge in [0.15, 0.2) is 0 Å². The van der Waals surface area contributed by atoms with E-state index in [1.807, 2.05) is 32.2 Å². The van der Waals surface area contributed by atoms with Gasteiger partial charge in [0.1, 0.15) is 0 Å². The SMILES string of the molecule is CC(I)=CCC(N=[N+]=[N-])C(C)=Cc1csc(C)n1. The molecular weight excluding hydrogens is 359 g/mol. The van der Waals surface area contributed by atoms with E-state index in [0.29, 0.717) is 0 Å². The highest BCUT2D eigenvalue weighted by atomic mass is 127. The van der Waals surface area contributed by atoms with E-state index in [1.165, 1.54) is 3.58 Å². The zero-order valence-corrected chi connectivity index (χ0v) is 13.6. The zero-order valence-electron chi connectivity index (χ0n) is 10.6. The lowest BCUT2D eigenvalue weighted by Gasteiger charge is -2.08. The molecule has 0 aromatic carbocycles.